The van der Waals surface area contributed by atoms with Crippen molar-refractivity contribution < 1.29 is 19.0 Å². The SMILES string of the molecule is CCN(Cc1ccc(OCc2nn(-c3ccccc3)nc2C)cc1)C(=O)Oc1ccc(OC)cc1. The van der Waals surface area contributed by atoms with Gasteiger partial charge in [-0.3, -0.25) is 0 Å². The lowest BCUT2D eigenvalue weighted by molar-refractivity contribution is 0.152. The van der Waals surface area contributed by atoms with Crippen LogP contribution in [0.2, 0.25) is 0 Å². The van der Waals surface area contributed by atoms with E-state index in [1.54, 1.807) is 41.1 Å². The Morgan fingerprint density at radius 2 is 1.54 bits per heavy atom. The van der Waals surface area contributed by atoms with Crippen molar-refractivity contribution in [1.82, 2.24) is 19.9 Å². The zero-order valence-electron chi connectivity index (χ0n) is 20.0. The lowest BCUT2D eigenvalue weighted by atomic mass is 10.2. The second-order valence-corrected chi connectivity index (χ2v) is 7.85. The number of ether oxygens (including phenoxy) is 3. The van der Waals surface area contributed by atoms with Gasteiger partial charge in [0.05, 0.1) is 18.5 Å². The van der Waals surface area contributed by atoms with Gasteiger partial charge >= 0.3 is 6.09 Å². The molecule has 8 heteroatoms. The first-order chi connectivity index (χ1) is 17.1. The van der Waals surface area contributed by atoms with Gasteiger partial charge in [0.2, 0.25) is 0 Å². The molecular weight excluding hydrogens is 444 g/mol. The summed E-state index contributed by atoms with van der Waals surface area (Å²) in [4.78, 5) is 15.8. The summed E-state index contributed by atoms with van der Waals surface area (Å²) in [5.41, 5.74) is 3.46. The van der Waals surface area contributed by atoms with Crippen LogP contribution in [0.5, 0.6) is 17.2 Å². The van der Waals surface area contributed by atoms with Gasteiger partial charge in [-0.25, -0.2) is 4.79 Å². The lowest BCUT2D eigenvalue weighted by Crippen LogP contribution is -2.32. The summed E-state index contributed by atoms with van der Waals surface area (Å²) in [5, 5.41) is 9.02. The summed E-state index contributed by atoms with van der Waals surface area (Å²) in [6.45, 7) is 5.09. The van der Waals surface area contributed by atoms with Gasteiger partial charge in [0, 0.05) is 13.1 Å². The molecule has 0 bridgehead atoms. The molecule has 8 nitrogen and oxygen atoms in total. The molecule has 0 unspecified atom stereocenters. The van der Waals surface area contributed by atoms with Crippen molar-refractivity contribution in [3.63, 3.8) is 0 Å². The van der Waals surface area contributed by atoms with Crippen molar-refractivity contribution in [2.75, 3.05) is 13.7 Å². The Bertz CT molecular complexity index is 1240. The molecule has 0 aliphatic heterocycles. The van der Waals surface area contributed by atoms with Gasteiger partial charge in [-0.1, -0.05) is 30.3 Å². The zero-order chi connectivity index (χ0) is 24.6. The van der Waals surface area contributed by atoms with E-state index in [1.165, 1.54) is 0 Å². The van der Waals surface area contributed by atoms with Gasteiger partial charge in [-0.05, 0) is 67.9 Å². The van der Waals surface area contributed by atoms with E-state index < -0.39 is 6.09 Å². The number of benzene rings is 3. The molecule has 0 atom stereocenters. The highest BCUT2D eigenvalue weighted by Crippen LogP contribution is 2.20. The Morgan fingerprint density at radius 3 is 2.20 bits per heavy atom. The molecule has 0 aliphatic carbocycles. The van der Waals surface area contributed by atoms with E-state index in [1.807, 2.05) is 68.4 Å². The Kier molecular flexibility index (Phi) is 7.62. The molecule has 0 radical (unpaired) electrons. The number of aryl methyl sites for hydroxylation is 1. The largest absolute Gasteiger partial charge is 0.497 e. The second kappa shape index (κ2) is 11.2. The fourth-order valence-electron chi connectivity index (χ4n) is 3.40. The molecule has 4 rings (SSSR count). The maximum Gasteiger partial charge on any atom is 0.415 e. The van der Waals surface area contributed by atoms with Crippen LogP contribution in [0, 0.1) is 6.92 Å². The van der Waals surface area contributed by atoms with E-state index >= 15 is 0 Å². The fourth-order valence-corrected chi connectivity index (χ4v) is 3.40. The van der Waals surface area contributed by atoms with E-state index in [4.69, 9.17) is 14.2 Å². The van der Waals surface area contributed by atoms with Crippen LogP contribution in [-0.4, -0.2) is 39.6 Å². The fraction of sp³-hybridized carbons (Fsp3) is 0.222. The van der Waals surface area contributed by atoms with Gasteiger partial charge in [-0.2, -0.15) is 9.90 Å². The highest BCUT2D eigenvalue weighted by atomic mass is 16.6. The molecule has 35 heavy (non-hydrogen) atoms. The molecule has 4 aromatic rings. The Labute approximate surface area is 204 Å². The Morgan fingerprint density at radius 1 is 0.886 bits per heavy atom. The topological polar surface area (TPSA) is 78.7 Å². The predicted octanol–water partition coefficient (Wildman–Crippen LogP) is 5.18. The molecule has 0 spiro atoms. The van der Waals surface area contributed by atoms with E-state index in [-0.39, 0.29) is 0 Å². The first-order valence-corrected chi connectivity index (χ1v) is 11.4. The van der Waals surface area contributed by atoms with Gasteiger partial charge in [0.25, 0.3) is 0 Å². The van der Waals surface area contributed by atoms with Gasteiger partial charge in [0.1, 0.15) is 29.5 Å². The minimum absolute atomic E-state index is 0.313. The van der Waals surface area contributed by atoms with Crippen LogP contribution in [0.15, 0.2) is 78.9 Å². The molecular formula is C27H28N4O4. The van der Waals surface area contributed by atoms with Gasteiger partial charge in [-0.15, -0.1) is 5.10 Å². The summed E-state index contributed by atoms with van der Waals surface area (Å²) < 4.78 is 16.5. The third-order valence-corrected chi connectivity index (χ3v) is 5.44. The van der Waals surface area contributed by atoms with Crippen LogP contribution in [-0.2, 0) is 13.2 Å². The molecule has 0 N–H and O–H groups in total. The maximum atomic E-state index is 12.6. The zero-order valence-corrected chi connectivity index (χ0v) is 20.0. The molecule has 0 saturated heterocycles. The average Bonchev–Trinajstić information content (AvgIpc) is 3.28. The summed E-state index contributed by atoms with van der Waals surface area (Å²) in [6, 6.07) is 24.3. The van der Waals surface area contributed by atoms with Crippen molar-refractivity contribution in [2.45, 2.75) is 27.0 Å². The first kappa shape index (κ1) is 23.8. The third kappa shape index (κ3) is 6.17. The van der Waals surface area contributed by atoms with E-state index in [0.717, 1.165) is 22.6 Å². The Balaban J connectivity index is 1.32. The highest BCUT2D eigenvalue weighted by molar-refractivity contribution is 5.70. The highest BCUT2D eigenvalue weighted by Gasteiger charge is 2.15. The number of methoxy groups -OCH3 is 1. The summed E-state index contributed by atoms with van der Waals surface area (Å²) >= 11 is 0. The van der Waals surface area contributed by atoms with E-state index in [2.05, 4.69) is 10.2 Å². The summed E-state index contributed by atoms with van der Waals surface area (Å²) in [6.07, 6.45) is -0.407. The first-order valence-electron chi connectivity index (χ1n) is 11.4. The van der Waals surface area contributed by atoms with Crippen LogP contribution < -0.4 is 14.2 Å². The van der Waals surface area contributed by atoms with E-state index in [9.17, 15) is 4.79 Å². The number of carbonyl (C=O) groups is 1. The van der Waals surface area contributed by atoms with Crippen molar-refractivity contribution in [2.24, 2.45) is 0 Å². The molecule has 1 amide bonds. The lowest BCUT2D eigenvalue weighted by Gasteiger charge is -2.20. The Hall–Kier alpha value is -4.33. The van der Waals surface area contributed by atoms with E-state index in [0.29, 0.717) is 36.9 Å². The number of hydrogen-bond acceptors (Lipinski definition) is 6. The third-order valence-electron chi connectivity index (χ3n) is 5.44. The number of para-hydroxylation sites is 1. The number of hydrogen-bond donors (Lipinski definition) is 0. The molecule has 0 aliphatic rings. The normalized spacial score (nSPS) is 10.6. The van der Waals surface area contributed by atoms with Crippen LogP contribution in [0.1, 0.15) is 23.9 Å². The molecule has 1 heterocycles. The average molecular weight is 473 g/mol. The number of aromatic nitrogens is 3. The smallest absolute Gasteiger partial charge is 0.415 e. The van der Waals surface area contributed by atoms with Crippen molar-refractivity contribution in [3.05, 3.63) is 95.8 Å². The molecule has 0 saturated carbocycles. The predicted molar refractivity (Wildman–Crippen MR) is 132 cm³/mol. The van der Waals surface area contributed by atoms with Gasteiger partial charge < -0.3 is 19.1 Å². The minimum atomic E-state index is -0.407. The van der Waals surface area contributed by atoms with Crippen molar-refractivity contribution in [3.8, 4) is 22.9 Å². The summed E-state index contributed by atoms with van der Waals surface area (Å²) in [7, 11) is 1.59. The number of carbonyl (C=O) groups excluding carboxylic acids is 1. The van der Waals surface area contributed by atoms with Crippen LogP contribution in [0.4, 0.5) is 4.79 Å². The molecule has 3 aromatic carbocycles. The van der Waals surface area contributed by atoms with Gasteiger partial charge in [0.15, 0.2) is 0 Å². The second-order valence-electron chi connectivity index (χ2n) is 7.85. The van der Waals surface area contributed by atoms with Crippen LogP contribution >= 0.6 is 0 Å². The monoisotopic (exact) mass is 472 g/mol. The number of rotatable bonds is 9. The van der Waals surface area contributed by atoms with Crippen molar-refractivity contribution in [1.29, 1.82) is 0 Å². The quantitative estimate of drug-likeness (QED) is 0.334. The van der Waals surface area contributed by atoms with Crippen LogP contribution in [0.3, 0.4) is 0 Å². The molecule has 1 aromatic heterocycles. The minimum Gasteiger partial charge on any atom is -0.497 e. The van der Waals surface area contributed by atoms with Crippen LogP contribution in [0.25, 0.3) is 5.69 Å². The number of nitrogens with zero attached hydrogens (tertiary/aromatic N) is 4. The molecule has 0 fully saturated rings. The maximum absolute atomic E-state index is 12.6. The standard InChI is InChI=1S/C27H28N4O4/c1-4-30(27(32)35-25-16-14-23(33-3)15-17-25)18-21-10-12-24(13-11-21)34-19-26-20(2)28-31(29-26)22-8-6-5-7-9-22/h5-17H,4,18-19H2,1-3H3. The van der Waals surface area contributed by atoms with Crippen molar-refractivity contribution >= 4 is 6.09 Å². The number of amides is 1. The summed E-state index contributed by atoms with van der Waals surface area (Å²) in [5.74, 6) is 1.89. The molecule has 180 valence electrons.